The van der Waals surface area contributed by atoms with Gasteiger partial charge in [-0.25, -0.2) is 0 Å². The summed E-state index contributed by atoms with van der Waals surface area (Å²) in [6, 6.07) is 12.7. The first kappa shape index (κ1) is 15.9. The van der Waals surface area contributed by atoms with Crippen LogP contribution < -0.4 is 10.1 Å². The smallest absolute Gasteiger partial charge is 0.265 e. The second-order valence-corrected chi connectivity index (χ2v) is 5.99. The molecule has 0 aliphatic carbocycles. The van der Waals surface area contributed by atoms with Crippen LogP contribution in [0.25, 0.3) is 0 Å². The number of carbonyl (C=O) groups excluding carboxylic acids is 1. The van der Waals surface area contributed by atoms with Crippen LogP contribution in [0.5, 0.6) is 5.75 Å². The van der Waals surface area contributed by atoms with Crippen molar-refractivity contribution in [3.63, 3.8) is 0 Å². The Balaban J connectivity index is 1.98. The van der Waals surface area contributed by atoms with E-state index in [4.69, 9.17) is 16.3 Å². The van der Waals surface area contributed by atoms with Crippen molar-refractivity contribution < 1.29 is 9.53 Å². The summed E-state index contributed by atoms with van der Waals surface area (Å²) in [5, 5.41) is 3.40. The number of halogens is 2. The molecule has 0 radical (unpaired) electrons. The van der Waals surface area contributed by atoms with Crippen molar-refractivity contribution in [2.24, 2.45) is 0 Å². The number of hydrogen-bond donors (Lipinski definition) is 1. The van der Waals surface area contributed by atoms with Crippen molar-refractivity contribution in [3.8, 4) is 5.75 Å². The summed E-state index contributed by atoms with van der Waals surface area (Å²) in [5.74, 6) is 0.417. The quantitative estimate of drug-likeness (QED) is 0.840. The van der Waals surface area contributed by atoms with Gasteiger partial charge in [0.1, 0.15) is 5.75 Å². The van der Waals surface area contributed by atoms with Gasteiger partial charge in [-0.3, -0.25) is 4.79 Å². The Labute approximate surface area is 137 Å². The lowest BCUT2D eigenvalue weighted by atomic mass is 10.2. The molecule has 0 spiro atoms. The molecule has 110 valence electrons. The molecular formula is C16H15BrClNO2. The van der Waals surface area contributed by atoms with Crippen LogP contribution in [0.3, 0.4) is 0 Å². The summed E-state index contributed by atoms with van der Waals surface area (Å²) in [7, 11) is 0. The van der Waals surface area contributed by atoms with Crippen molar-refractivity contribution in [1.29, 1.82) is 0 Å². The van der Waals surface area contributed by atoms with Crippen LogP contribution in [0.1, 0.15) is 12.5 Å². The molecule has 0 bridgehead atoms. The van der Waals surface area contributed by atoms with Crippen LogP contribution in [0, 0.1) is 6.92 Å². The molecule has 0 saturated carbocycles. The molecule has 0 saturated heterocycles. The summed E-state index contributed by atoms with van der Waals surface area (Å²) in [6.45, 7) is 3.61. The Morgan fingerprint density at radius 1 is 1.24 bits per heavy atom. The van der Waals surface area contributed by atoms with E-state index in [0.29, 0.717) is 16.5 Å². The molecular weight excluding hydrogens is 354 g/mol. The second-order valence-electron chi connectivity index (χ2n) is 4.67. The number of carbonyl (C=O) groups is 1. The molecule has 0 aliphatic heterocycles. The molecule has 3 nitrogen and oxygen atoms in total. The fraction of sp³-hybridized carbons (Fsp3) is 0.188. The molecule has 2 rings (SSSR count). The maximum absolute atomic E-state index is 12.1. The maximum Gasteiger partial charge on any atom is 0.265 e. The van der Waals surface area contributed by atoms with Gasteiger partial charge in [0.2, 0.25) is 0 Å². The van der Waals surface area contributed by atoms with E-state index in [-0.39, 0.29) is 5.91 Å². The van der Waals surface area contributed by atoms with E-state index in [0.717, 1.165) is 10.0 Å². The van der Waals surface area contributed by atoms with Gasteiger partial charge in [-0.15, -0.1) is 0 Å². The minimum atomic E-state index is -0.605. The highest BCUT2D eigenvalue weighted by molar-refractivity contribution is 9.10. The molecule has 0 aliphatic rings. The van der Waals surface area contributed by atoms with E-state index < -0.39 is 6.10 Å². The van der Waals surface area contributed by atoms with Crippen LogP contribution in [0.4, 0.5) is 5.69 Å². The van der Waals surface area contributed by atoms with Crippen molar-refractivity contribution in [1.82, 2.24) is 0 Å². The predicted molar refractivity (Wildman–Crippen MR) is 89.1 cm³/mol. The molecule has 2 aromatic carbocycles. The largest absolute Gasteiger partial charge is 0.481 e. The fourth-order valence-electron chi connectivity index (χ4n) is 1.69. The van der Waals surface area contributed by atoms with Gasteiger partial charge in [-0.1, -0.05) is 33.6 Å². The first-order valence-corrected chi connectivity index (χ1v) is 7.62. The van der Waals surface area contributed by atoms with Crippen molar-refractivity contribution in [2.45, 2.75) is 20.0 Å². The summed E-state index contributed by atoms with van der Waals surface area (Å²) in [5.41, 5.74) is 1.62. The molecule has 1 amide bonds. The van der Waals surface area contributed by atoms with Gasteiger partial charge in [-0.2, -0.15) is 0 Å². The Hall–Kier alpha value is -1.52. The number of amides is 1. The number of aryl methyl sites for hydroxylation is 1. The third-order valence-electron chi connectivity index (χ3n) is 2.94. The molecule has 0 heterocycles. The summed E-state index contributed by atoms with van der Waals surface area (Å²) in [6.07, 6.45) is -0.605. The number of hydrogen-bond acceptors (Lipinski definition) is 2. The van der Waals surface area contributed by atoms with Crippen LogP contribution in [0.15, 0.2) is 46.9 Å². The first-order valence-electron chi connectivity index (χ1n) is 6.45. The normalized spacial score (nSPS) is 11.8. The summed E-state index contributed by atoms with van der Waals surface area (Å²) < 4.78 is 6.55. The average Bonchev–Trinajstić information content (AvgIpc) is 2.45. The molecule has 0 fully saturated rings. The SMILES string of the molecule is Cc1ccc(NC(=O)[C@H](C)Oc2ccc(Br)cc2)cc1Cl. The molecule has 5 heteroatoms. The lowest BCUT2D eigenvalue weighted by Gasteiger charge is -2.15. The van der Waals surface area contributed by atoms with Crippen LogP contribution in [-0.4, -0.2) is 12.0 Å². The third-order valence-corrected chi connectivity index (χ3v) is 3.87. The minimum absolute atomic E-state index is 0.224. The highest BCUT2D eigenvalue weighted by Gasteiger charge is 2.15. The Morgan fingerprint density at radius 2 is 1.90 bits per heavy atom. The highest BCUT2D eigenvalue weighted by Crippen LogP contribution is 2.21. The van der Waals surface area contributed by atoms with Gasteiger partial charge in [0.25, 0.3) is 5.91 Å². The molecule has 1 N–H and O–H groups in total. The van der Waals surface area contributed by atoms with Crippen molar-refractivity contribution in [3.05, 3.63) is 57.5 Å². The molecule has 0 unspecified atom stereocenters. The van der Waals surface area contributed by atoms with Gasteiger partial charge < -0.3 is 10.1 Å². The van der Waals surface area contributed by atoms with E-state index in [1.807, 2.05) is 31.2 Å². The van der Waals surface area contributed by atoms with E-state index in [1.165, 1.54) is 0 Å². The minimum Gasteiger partial charge on any atom is -0.481 e. The molecule has 1 atom stereocenters. The fourth-order valence-corrected chi connectivity index (χ4v) is 2.13. The van der Waals surface area contributed by atoms with Gasteiger partial charge in [-0.05, 0) is 55.8 Å². The third kappa shape index (κ3) is 4.48. The van der Waals surface area contributed by atoms with Gasteiger partial charge in [0.05, 0.1) is 0 Å². The molecule has 2 aromatic rings. The van der Waals surface area contributed by atoms with Crippen LogP contribution in [-0.2, 0) is 4.79 Å². The van der Waals surface area contributed by atoms with Crippen molar-refractivity contribution >= 4 is 39.1 Å². The Morgan fingerprint density at radius 3 is 2.52 bits per heavy atom. The van der Waals surface area contributed by atoms with Gasteiger partial charge in [0, 0.05) is 15.2 Å². The lowest BCUT2D eigenvalue weighted by molar-refractivity contribution is -0.122. The highest BCUT2D eigenvalue weighted by atomic mass is 79.9. The summed E-state index contributed by atoms with van der Waals surface area (Å²) in [4.78, 5) is 12.1. The first-order chi connectivity index (χ1) is 9.95. The zero-order valence-corrected chi connectivity index (χ0v) is 14.0. The van der Waals surface area contributed by atoms with E-state index in [9.17, 15) is 4.79 Å². The lowest BCUT2D eigenvalue weighted by Crippen LogP contribution is -2.30. The van der Waals surface area contributed by atoms with Crippen LogP contribution >= 0.6 is 27.5 Å². The second kappa shape index (κ2) is 6.96. The van der Waals surface area contributed by atoms with Gasteiger partial charge >= 0.3 is 0 Å². The predicted octanol–water partition coefficient (Wildman–Crippen LogP) is 4.82. The van der Waals surface area contributed by atoms with Crippen molar-refractivity contribution in [2.75, 3.05) is 5.32 Å². The number of anilines is 1. The average molecular weight is 369 g/mol. The molecule has 0 aromatic heterocycles. The van der Waals surface area contributed by atoms with E-state index in [2.05, 4.69) is 21.2 Å². The molecule has 21 heavy (non-hydrogen) atoms. The number of ether oxygens (including phenoxy) is 1. The number of nitrogens with one attached hydrogen (secondary N) is 1. The topological polar surface area (TPSA) is 38.3 Å². The Bertz CT molecular complexity index is 643. The zero-order chi connectivity index (χ0) is 15.4. The van der Waals surface area contributed by atoms with Crippen LogP contribution in [0.2, 0.25) is 5.02 Å². The van der Waals surface area contributed by atoms with E-state index in [1.54, 1.807) is 25.1 Å². The summed E-state index contributed by atoms with van der Waals surface area (Å²) >= 11 is 9.38. The Kier molecular flexibility index (Phi) is 5.26. The monoisotopic (exact) mass is 367 g/mol. The number of benzene rings is 2. The standard InChI is InChI=1S/C16H15BrClNO2/c1-10-3-6-13(9-15(10)18)19-16(20)11(2)21-14-7-4-12(17)5-8-14/h3-9,11H,1-2H3,(H,19,20)/t11-/m0/s1. The van der Waals surface area contributed by atoms with E-state index >= 15 is 0 Å². The van der Waals surface area contributed by atoms with Gasteiger partial charge in [0.15, 0.2) is 6.10 Å². The zero-order valence-electron chi connectivity index (χ0n) is 11.7. The number of rotatable bonds is 4. The maximum atomic E-state index is 12.1.